The van der Waals surface area contributed by atoms with Crippen LogP contribution in [0.15, 0.2) is 53.2 Å². The number of carbonyl (C=O) groups excluding carboxylic acids is 1. The monoisotopic (exact) mass is 340 g/mol. The van der Waals surface area contributed by atoms with E-state index in [-0.39, 0.29) is 17.7 Å². The van der Waals surface area contributed by atoms with Crippen LogP contribution in [0.25, 0.3) is 10.8 Å². The highest BCUT2D eigenvalue weighted by atomic mass is 32.1. The molecule has 0 spiro atoms. The smallest absolute Gasteiger partial charge is 0.255 e. The molecule has 2 N–H and O–H groups in total. The molecule has 0 radical (unpaired) electrons. The van der Waals surface area contributed by atoms with Crippen molar-refractivity contribution in [2.75, 3.05) is 20.6 Å². The lowest BCUT2D eigenvalue weighted by atomic mass is 10.0. The van der Waals surface area contributed by atoms with Crippen LogP contribution in [0, 0.1) is 0 Å². The molecule has 0 saturated heterocycles. The molecule has 0 saturated carbocycles. The molecule has 1 atom stereocenters. The third-order valence-corrected chi connectivity index (χ3v) is 4.82. The molecule has 0 aliphatic heterocycles. The Labute approximate surface area is 145 Å². The lowest BCUT2D eigenvalue weighted by Gasteiger charge is -2.24. The highest BCUT2D eigenvalue weighted by Crippen LogP contribution is 2.25. The standard InChI is InChI=1S/C19H20N2O2S/c1-21(2)17(15-7-8-24-12-15)11-20-19(23)16-9-13-5-3-4-6-14(13)10-18(16)22/h3-10,12,17,22H,11H2,1-2H3,(H,20,23)/t17-/m1/s1. The lowest BCUT2D eigenvalue weighted by molar-refractivity contribution is 0.0939. The summed E-state index contributed by atoms with van der Waals surface area (Å²) in [7, 11) is 3.98. The van der Waals surface area contributed by atoms with Crippen molar-refractivity contribution >= 4 is 28.0 Å². The maximum absolute atomic E-state index is 12.5. The average Bonchev–Trinajstić information content (AvgIpc) is 3.08. The SMILES string of the molecule is CN(C)[C@H](CNC(=O)c1cc2ccccc2cc1O)c1ccsc1. The Kier molecular flexibility index (Phi) is 4.83. The number of nitrogens with one attached hydrogen (secondary N) is 1. The summed E-state index contributed by atoms with van der Waals surface area (Å²) in [5.41, 5.74) is 1.48. The Morgan fingerprint density at radius 3 is 2.54 bits per heavy atom. The molecule has 0 aliphatic rings. The number of nitrogens with zero attached hydrogens (tertiary/aromatic N) is 1. The van der Waals surface area contributed by atoms with Crippen LogP contribution in [0.4, 0.5) is 0 Å². The van der Waals surface area contributed by atoms with Crippen molar-refractivity contribution in [3.8, 4) is 5.75 Å². The summed E-state index contributed by atoms with van der Waals surface area (Å²) in [6.07, 6.45) is 0. The second-order valence-electron chi connectivity index (χ2n) is 5.96. The van der Waals surface area contributed by atoms with Crippen molar-refractivity contribution in [3.63, 3.8) is 0 Å². The van der Waals surface area contributed by atoms with Gasteiger partial charge in [0.25, 0.3) is 5.91 Å². The summed E-state index contributed by atoms with van der Waals surface area (Å²) < 4.78 is 0. The van der Waals surface area contributed by atoms with Crippen molar-refractivity contribution < 1.29 is 9.90 Å². The molecular weight excluding hydrogens is 320 g/mol. The van der Waals surface area contributed by atoms with Crippen molar-refractivity contribution in [3.05, 3.63) is 64.4 Å². The molecule has 124 valence electrons. The van der Waals surface area contributed by atoms with Crippen LogP contribution < -0.4 is 5.32 Å². The topological polar surface area (TPSA) is 52.6 Å². The van der Waals surface area contributed by atoms with Gasteiger partial charge in [-0.25, -0.2) is 0 Å². The van der Waals surface area contributed by atoms with Crippen LogP contribution in [0.3, 0.4) is 0 Å². The maximum Gasteiger partial charge on any atom is 0.255 e. The Bertz CT molecular complexity index is 844. The molecule has 0 unspecified atom stereocenters. The molecule has 0 bridgehead atoms. The van der Waals surface area contributed by atoms with E-state index in [4.69, 9.17) is 0 Å². The van der Waals surface area contributed by atoms with E-state index in [0.29, 0.717) is 12.1 Å². The van der Waals surface area contributed by atoms with Gasteiger partial charge in [-0.2, -0.15) is 11.3 Å². The van der Waals surface area contributed by atoms with E-state index in [0.717, 1.165) is 10.8 Å². The first-order valence-electron chi connectivity index (χ1n) is 7.74. The quantitative estimate of drug-likeness (QED) is 0.745. The zero-order valence-electron chi connectivity index (χ0n) is 13.7. The zero-order chi connectivity index (χ0) is 17.1. The molecule has 24 heavy (non-hydrogen) atoms. The molecule has 0 aliphatic carbocycles. The number of carbonyl (C=O) groups is 1. The van der Waals surface area contributed by atoms with Crippen molar-refractivity contribution in [1.29, 1.82) is 0 Å². The fourth-order valence-corrected chi connectivity index (χ4v) is 3.46. The van der Waals surface area contributed by atoms with Crippen LogP contribution in [-0.4, -0.2) is 36.6 Å². The number of phenols is 1. The lowest BCUT2D eigenvalue weighted by Crippen LogP contribution is -2.34. The number of aromatic hydroxyl groups is 1. The predicted octanol–water partition coefficient (Wildman–Crippen LogP) is 3.64. The van der Waals surface area contributed by atoms with Crippen LogP contribution in [0.2, 0.25) is 0 Å². The zero-order valence-corrected chi connectivity index (χ0v) is 14.5. The highest BCUT2D eigenvalue weighted by Gasteiger charge is 2.18. The van der Waals surface area contributed by atoms with E-state index < -0.39 is 0 Å². The normalized spacial score (nSPS) is 12.5. The summed E-state index contributed by atoms with van der Waals surface area (Å²) in [6.45, 7) is 0.481. The van der Waals surface area contributed by atoms with Gasteiger partial charge >= 0.3 is 0 Å². The fraction of sp³-hybridized carbons (Fsp3) is 0.211. The van der Waals surface area contributed by atoms with Crippen LogP contribution in [0.1, 0.15) is 22.0 Å². The fourth-order valence-electron chi connectivity index (χ4n) is 2.76. The molecule has 3 rings (SSSR count). The maximum atomic E-state index is 12.5. The summed E-state index contributed by atoms with van der Waals surface area (Å²) in [6, 6.07) is 13.2. The Hall–Kier alpha value is -2.37. The van der Waals surface area contributed by atoms with Gasteiger partial charge in [-0.15, -0.1) is 0 Å². The minimum absolute atomic E-state index is 0.00290. The molecule has 5 heteroatoms. The van der Waals surface area contributed by atoms with E-state index in [2.05, 4.69) is 21.7 Å². The molecule has 3 aromatic rings. The first-order chi connectivity index (χ1) is 11.6. The minimum atomic E-state index is -0.264. The Morgan fingerprint density at radius 2 is 1.92 bits per heavy atom. The number of benzene rings is 2. The number of likely N-dealkylation sites (N-methyl/N-ethyl adjacent to an activating group) is 1. The van der Waals surface area contributed by atoms with E-state index >= 15 is 0 Å². The van der Waals surface area contributed by atoms with Crippen molar-refractivity contribution in [1.82, 2.24) is 10.2 Å². The van der Waals surface area contributed by atoms with Gasteiger partial charge in [0, 0.05) is 6.54 Å². The van der Waals surface area contributed by atoms with Gasteiger partial charge in [0.15, 0.2) is 0 Å². The first kappa shape index (κ1) is 16.5. The summed E-state index contributed by atoms with van der Waals surface area (Å²) in [5, 5.41) is 19.1. The number of hydrogen-bond donors (Lipinski definition) is 2. The first-order valence-corrected chi connectivity index (χ1v) is 8.69. The van der Waals surface area contributed by atoms with Crippen molar-refractivity contribution in [2.24, 2.45) is 0 Å². The van der Waals surface area contributed by atoms with Crippen molar-refractivity contribution in [2.45, 2.75) is 6.04 Å². The van der Waals surface area contributed by atoms with Gasteiger partial charge in [0.2, 0.25) is 0 Å². The Morgan fingerprint density at radius 1 is 1.21 bits per heavy atom. The van der Waals surface area contributed by atoms with Gasteiger partial charge in [0.05, 0.1) is 11.6 Å². The molecule has 2 aromatic carbocycles. The van der Waals surface area contributed by atoms with E-state index in [1.54, 1.807) is 23.5 Å². The molecule has 0 fully saturated rings. The number of fused-ring (bicyclic) bond motifs is 1. The largest absolute Gasteiger partial charge is 0.507 e. The van der Waals surface area contributed by atoms with Gasteiger partial charge in [-0.05, 0) is 59.4 Å². The van der Waals surface area contributed by atoms with Gasteiger partial charge in [-0.1, -0.05) is 24.3 Å². The van der Waals surface area contributed by atoms with Crippen LogP contribution >= 0.6 is 11.3 Å². The molecule has 1 aromatic heterocycles. The third kappa shape index (κ3) is 3.42. The van der Waals surface area contributed by atoms with E-state index in [1.807, 2.05) is 43.7 Å². The number of amides is 1. The number of phenolic OH excluding ortho intramolecular Hbond substituents is 1. The number of thiophene rings is 1. The number of hydrogen-bond acceptors (Lipinski definition) is 4. The second-order valence-corrected chi connectivity index (χ2v) is 6.74. The van der Waals surface area contributed by atoms with E-state index in [1.165, 1.54) is 5.56 Å². The van der Waals surface area contributed by atoms with Gasteiger partial charge in [-0.3, -0.25) is 4.79 Å². The molecule has 4 nitrogen and oxygen atoms in total. The highest BCUT2D eigenvalue weighted by molar-refractivity contribution is 7.07. The molecule has 1 amide bonds. The summed E-state index contributed by atoms with van der Waals surface area (Å²) >= 11 is 1.64. The second kappa shape index (κ2) is 7.03. The van der Waals surface area contributed by atoms with Gasteiger partial charge < -0.3 is 15.3 Å². The summed E-state index contributed by atoms with van der Waals surface area (Å²) in [5.74, 6) is -0.261. The van der Waals surface area contributed by atoms with Crippen LogP contribution in [0.5, 0.6) is 5.75 Å². The summed E-state index contributed by atoms with van der Waals surface area (Å²) in [4.78, 5) is 14.6. The minimum Gasteiger partial charge on any atom is -0.507 e. The Balaban J connectivity index is 1.78. The molecular formula is C19H20N2O2S. The van der Waals surface area contributed by atoms with Gasteiger partial charge in [0.1, 0.15) is 5.75 Å². The van der Waals surface area contributed by atoms with Crippen LogP contribution in [-0.2, 0) is 0 Å². The van der Waals surface area contributed by atoms with E-state index in [9.17, 15) is 9.90 Å². The molecule has 1 heterocycles. The third-order valence-electron chi connectivity index (χ3n) is 4.12. The average molecular weight is 340 g/mol. The predicted molar refractivity (Wildman–Crippen MR) is 98.7 cm³/mol. The number of rotatable bonds is 5.